The maximum absolute atomic E-state index is 12.8. The maximum Gasteiger partial charge on any atom is 0.268 e. The van der Waals surface area contributed by atoms with Crippen molar-refractivity contribution in [2.24, 2.45) is 0 Å². The van der Waals surface area contributed by atoms with E-state index in [1.807, 2.05) is 27.2 Å². The van der Waals surface area contributed by atoms with Gasteiger partial charge in [0.05, 0.1) is 39.9 Å². The smallest absolute Gasteiger partial charge is 0.268 e. The van der Waals surface area contributed by atoms with Crippen LogP contribution < -0.4 is 10.2 Å². The Morgan fingerprint density at radius 2 is 1.27 bits per heavy atom. The zero-order valence-corrected chi connectivity index (χ0v) is 32.8. The van der Waals surface area contributed by atoms with Gasteiger partial charge in [-0.3, -0.25) is 9.36 Å². The molecular weight excluding hydrogens is 635 g/mol. The van der Waals surface area contributed by atoms with Crippen molar-refractivity contribution in [1.82, 2.24) is 5.32 Å². The van der Waals surface area contributed by atoms with Crippen LogP contribution in [0, 0.1) is 0 Å². The second kappa shape index (κ2) is 32.1. The van der Waals surface area contributed by atoms with Crippen LogP contribution in [-0.4, -0.2) is 68.5 Å². The molecule has 0 aliphatic carbocycles. The van der Waals surface area contributed by atoms with E-state index in [0.29, 0.717) is 17.4 Å². The van der Waals surface area contributed by atoms with E-state index < -0.39 is 26.6 Å². The van der Waals surface area contributed by atoms with E-state index in [1.165, 1.54) is 44.9 Å². The molecule has 0 heterocycles. The molecule has 0 saturated carbocycles. The number of hydrogen-bond donors (Lipinski definition) is 2. The van der Waals surface area contributed by atoms with Crippen LogP contribution >= 0.6 is 7.82 Å². The quantitative estimate of drug-likeness (QED) is 0.0305. The molecule has 0 aliphatic rings. The Morgan fingerprint density at radius 1 is 0.735 bits per heavy atom. The number of carbonyl (C=O) groups is 1. The van der Waals surface area contributed by atoms with Gasteiger partial charge in [0.1, 0.15) is 13.2 Å². The molecule has 0 bridgehead atoms. The highest BCUT2D eigenvalue weighted by molar-refractivity contribution is 7.45. The summed E-state index contributed by atoms with van der Waals surface area (Å²) in [6.07, 6.45) is 39.9. The van der Waals surface area contributed by atoms with Crippen LogP contribution in [0.4, 0.5) is 0 Å². The van der Waals surface area contributed by atoms with Crippen molar-refractivity contribution in [3.8, 4) is 0 Å². The van der Waals surface area contributed by atoms with Crippen molar-refractivity contribution >= 4 is 13.7 Å². The monoisotopic (exact) mass is 709 g/mol. The third-order valence-electron chi connectivity index (χ3n) is 7.94. The zero-order chi connectivity index (χ0) is 36.5. The predicted octanol–water partition coefficient (Wildman–Crippen LogP) is 9.27. The lowest BCUT2D eigenvalue weighted by molar-refractivity contribution is -0.870. The van der Waals surface area contributed by atoms with E-state index in [1.54, 1.807) is 6.08 Å². The standard InChI is InChI=1S/C40H73N2O6P/c1-6-8-10-12-14-16-18-19-20-21-22-23-24-26-28-30-32-34-40(44)41-38(37-48-49(45,46)47-36-35-42(3,4)5)39(43)33-31-29-27-25-17-15-13-11-9-7-2/h9,11,14,16-17,19-20,25,31,33,38-39,43H,6-8,10,12-13,15,18,21-24,26-30,32,34-37H2,1-5H3,(H-,41,44,45,46)/b11-9+,16-14-,20-19-,25-17+,33-31+. The van der Waals surface area contributed by atoms with Gasteiger partial charge in [-0.15, -0.1) is 0 Å². The molecule has 0 aromatic rings. The molecule has 49 heavy (non-hydrogen) atoms. The number of likely N-dealkylation sites (N-methyl/N-ethyl adjacent to an activating group) is 1. The normalized spacial score (nSPS) is 15.3. The van der Waals surface area contributed by atoms with Crippen molar-refractivity contribution in [2.45, 2.75) is 148 Å². The third kappa shape index (κ3) is 34.4. The summed E-state index contributed by atoms with van der Waals surface area (Å²) in [6.45, 7) is 4.42. The lowest BCUT2D eigenvalue weighted by Gasteiger charge is -2.29. The Morgan fingerprint density at radius 3 is 1.86 bits per heavy atom. The first-order valence-electron chi connectivity index (χ1n) is 19.2. The minimum Gasteiger partial charge on any atom is -0.756 e. The van der Waals surface area contributed by atoms with Gasteiger partial charge in [-0.05, 0) is 70.6 Å². The first kappa shape index (κ1) is 47.2. The number of hydrogen-bond acceptors (Lipinski definition) is 6. The second-order valence-corrected chi connectivity index (χ2v) is 15.3. The van der Waals surface area contributed by atoms with Gasteiger partial charge < -0.3 is 28.8 Å². The van der Waals surface area contributed by atoms with E-state index >= 15 is 0 Å². The first-order valence-corrected chi connectivity index (χ1v) is 20.6. The summed E-state index contributed by atoms with van der Waals surface area (Å²) in [5.74, 6) is -0.227. The van der Waals surface area contributed by atoms with Crippen LogP contribution in [0.5, 0.6) is 0 Å². The second-order valence-electron chi connectivity index (χ2n) is 13.9. The molecule has 0 fully saturated rings. The van der Waals surface area contributed by atoms with E-state index in [0.717, 1.165) is 70.6 Å². The summed E-state index contributed by atoms with van der Waals surface area (Å²) in [5.41, 5.74) is 0. The molecule has 284 valence electrons. The Labute approximate surface area is 301 Å². The minimum atomic E-state index is -4.59. The fourth-order valence-electron chi connectivity index (χ4n) is 4.87. The molecule has 0 saturated heterocycles. The molecule has 3 atom stereocenters. The fourth-order valence-corrected chi connectivity index (χ4v) is 5.59. The predicted molar refractivity (Wildman–Crippen MR) is 205 cm³/mol. The number of phosphoric acid groups is 1. The lowest BCUT2D eigenvalue weighted by atomic mass is 10.1. The molecule has 3 unspecified atom stereocenters. The highest BCUT2D eigenvalue weighted by atomic mass is 31.2. The van der Waals surface area contributed by atoms with Crippen LogP contribution in [0.3, 0.4) is 0 Å². The molecule has 0 spiro atoms. The molecule has 0 aromatic heterocycles. The summed E-state index contributed by atoms with van der Waals surface area (Å²) in [4.78, 5) is 25.1. The Balaban J connectivity index is 4.53. The van der Waals surface area contributed by atoms with E-state index in [-0.39, 0.29) is 12.5 Å². The van der Waals surface area contributed by atoms with Crippen molar-refractivity contribution in [2.75, 3.05) is 40.9 Å². The average molecular weight is 709 g/mol. The molecule has 2 N–H and O–H groups in total. The molecular formula is C40H73N2O6P. The minimum absolute atomic E-state index is 0.0135. The largest absolute Gasteiger partial charge is 0.756 e. The van der Waals surface area contributed by atoms with Gasteiger partial charge in [-0.1, -0.05) is 120 Å². The Kier molecular flexibility index (Phi) is 31.0. The number of unbranched alkanes of at least 4 members (excludes halogenated alkanes) is 12. The Hall–Kier alpha value is -1.80. The molecule has 8 nitrogen and oxygen atoms in total. The molecule has 0 aliphatic heterocycles. The van der Waals surface area contributed by atoms with E-state index in [2.05, 4.69) is 67.8 Å². The number of rotatable bonds is 33. The molecule has 0 radical (unpaired) electrons. The van der Waals surface area contributed by atoms with Gasteiger partial charge >= 0.3 is 0 Å². The fraction of sp³-hybridized carbons (Fsp3) is 0.725. The first-order chi connectivity index (χ1) is 23.5. The van der Waals surface area contributed by atoms with Crippen LogP contribution in [0.2, 0.25) is 0 Å². The van der Waals surface area contributed by atoms with Gasteiger partial charge in [0.2, 0.25) is 5.91 Å². The Bertz CT molecular complexity index is 986. The third-order valence-corrected chi connectivity index (χ3v) is 8.90. The van der Waals surface area contributed by atoms with Gasteiger partial charge in [0.25, 0.3) is 7.82 Å². The summed E-state index contributed by atoms with van der Waals surface area (Å²) < 4.78 is 23.0. The topological polar surface area (TPSA) is 108 Å². The SMILES string of the molecule is CC/C=C/CC/C=C/CC/C=C/C(O)C(COP(=O)([O-])OCC[N+](C)(C)C)NC(=O)CCCCCCCCC/C=C\C/C=C\CCCCC. The summed E-state index contributed by atoms with van der Waals surface area (Å²) in [5, 5.41) is 13.6. The van der Waals surface area contributed by atoms with Crippen molar-refractivity contribution in [3.63, 3.8) is 0 Å². The molecule has 9 heteroatoms. The zero-order valence-electron chi connectivity index (χ0n) is 31.9. The molecule has 0 rings (SSSR count). The molecule has 1 amide bonds. The van der Waals surface area contributed by atoms with Crippen molar-refractivity contribution in [3.05, 3.63) is 60.8 Å². The maximum atomic E-state index is 12.8. The number of carbonyl (C=O) groups excluding carboxylic acids is 1. The van der Waals surface area contributed by atoms with Crippen LogP contribution in [-0.2, 0) is 18.4 Å². The lowest BCUT2D eigenvalue weighted by Crippen LogP contribution is -2.45. The van der Waals surface area contributed by atoms with Gasteiger partial charge in [-0.25, -0.2) is 0 Å². The highest BCUT2D eigenvalue weighted by Gasteiger charge is 2.23. The molecule has 0 aromatic carbocycles. The number of aliphatic hydroxyl groups is 1. The number of aliphatic hydroxyl groups excluding tert-OH is 1. The van der Waals surface area contributed by atoms with Crippen molar-refractivity contribution in [1.29, 1.82) is 0 Å². The van der Waals surface area contributed by atoms with Crippen LogP contribution in [0.25, 0.3) is 0 Å². The van der Waals surface area contributed by atoms with Crippen molar-refractivity contribution < 1.29 is 32.9 Å². The number of allylic oxidation sites excluding steroid dienone is 9. The van der Waals surface area contributed by atoms with Crippen LogP contribution in [0.1, 0.15) is 136 Å². The number of phosphoric ester groups is 1. The number of quaternary nitrogens is 1. The number of amides is 1. The number of nitrogens with one attached hydrogen (secondary N) is 1. The van der Waals surface area contributed by atoms with E-state index in [9.17, 15) is 19.4 Å². The highest BCUT2D eigenvalue weighted by Crippen LogP contribution is 2.38. The summed E-state index contributed by atoms with van der Waals surface area (Å²) >= 11 is 0. The van der Waals surface area contributed by atoms with Crippen LogP contribution in [0.15, 0.2) is 60.8 Å². The summed E-state index contributed by atoms with van der Waals surface area (Å²) in [6, 6.07) is -0.912. The number of nitrogens with zero attached hydrogens (tertiary/aromatic N) is 1. The van der Waals surface area contributed by atoms with Gasteiger partial charge in [-0.2, -0.15) is 0 Å². The van der Waals surface area contributed by atoms with E-state index in [4.69, 9.17) is 9.05 Å². The van der Waals surface area contributed by atoms with Gasteiger partial charge in [0, 0.05) is 6.42 Å². The average Bonchev–Trinajstić information content (AvgIpc) is 3.04. The summed E-state index contributed by atoms with van der Waals surface area (Å²) in [7, 11) is 1.21. The van der Waals surface area contributed by atoms with Gasteiger partial charge in [0.15, 0.2) is 0 Å².